The van der Waals surface area contributed by atoms with Gasteiger partial charge in [0.1, 0.15) is 0 Å². The second kappa shape index (κ2) is 10.3. The van der Waals surface area contributed by atoms with E-state index in [0.29, 0.717) is 0 Å². The maximum Gasteiger partial charge on any atom is 0.0870 e. The number of hydrogen-bond donors (Lipinski definition) is 0. The lowest BCUT2D eigenvalue weighted by atomic mass is 10.2. The molecule has 0 saturated heterocycles. The Morgan fingerprint density at radius 2 is 1.92 bits per heavy atom. The zero-order valence-corrected chi connectivity index (χ0v) is 8.25. The molecule has 0 radical (unpaired) electrons. The molecule has 0 amide bonds. The van der Waals surface area contributed by atoms with Crippen LogP contribution in [-0.2, 0) is 4.74 Å². The summed E-state index contributed by atoms with van der Waals surface area (Å²) in [4.78, 5) is 0. The van der Waals surface area contributed by atoms with Gasteiger partial charge in [-0.1, -0.05) is 38.8 Å². The van der Waals surface area contributed by atoms with E-state index < -0.39 is 0 Å². The summed E-state index contributed by atoms with van der Waals surface area (Å²) in [5.41, 5.74) is 0. The van der Waals surface area contributed by atoms with Gasteiger partial charge in [0.15, 0.2) is 0 Å². The third-order valence-corrected chi connectivity index (χ3v) is 1.47. The van der Waals surface area contributed by atoms with Gasteiger partial charge < -0.3 is 4.74 Å². The van der Waals surface area contributed by atoms with Crippen molar-refractivity contribution in [3.05, 3.63) is 24.5 Å². The predicted molar refractivity (Wildman–Crippen MR) is 54.0 cm³/mol. The van der Waals surface area contributed by atoms with E-state index in [1.165, 1.54) is 19.3 Å². The van der Waals surface area contributed by atoms with Crippen molar-refractivity contribution in [1.82, 2.24) is 0 Å². The quantitative estimate of drug-likeness (QED) is 0.320. The second-order valence-corrected chi connectivity index (χ2v) is 2.77. The van der Waals surface area contributed by atoms with E-state index in [2.05, 4.69) is 19.9 Å². The molecular weight excluding hydrogens is 148 g/mol. The lowest BCUT2D eigenvalue weighted by molar-refractivity contribution is 0.250. The third-order valence-electron chi connectivity index (χ3n) is 1.47. The van der Waals surface area contributed by atoms with Crippen LogP contribution >= 0.6 is 0 Å². The predicted octanol–water partition coefficient (Wildman–Crippen LogP) is 3.67. The summed E-state index contributed by atoms with van der Waals surface area (Å²) >= 11 is 0. The second-order valence-electron chi connectivity index (χ2n) is 2.77. The van der Waals surface area contributed by atoms with Gasteiger partial charge in [0.25, 0.3) is 0 Å². The molecule has 0 aliphatic rings. The Hall–Kier alpha value is -0.720. The molecule has 0 fully saturated rings. The minimum absolute atomic E-state index is 0.819. The molecule has 12 heavy (non-hydrogen) atoms. The Balaban J connectivity index is 3.15. The first-order valence-electron chi connectivity index (χ1n) is 4.85. The Morgan fingerprint density at radius 3 is 2.58 bits per heavy atom. The van der Waals surface area contributed by atoms with Gasteiger partial charge in [0.2, 0.25) is 0 Å². The topological polar surface area (TPSA) is 9.23 Å². The van der Waals surface area contributed by atoms with Crippen molar-refractivity contribution in [3.63, 3.8) is 0 Å². The highest BCUT2D eigenvalue weighted by Crippen LogP contribution is 1.94. The molecule has 1 heteroatoms. The van der Waals surface area contributed by atoms with Crippen LogP contribution in [-0.4, -0.2) is 6.61 Å². The number of rotatable bonds is 7. The average Bonchev–Trinajstić information content (AvgIpc) is 2.10. The maximum atomic E-state index is 5.16. The molecule has 0 saturated carbocycles. The molecule has 0 aromatic carbocycles. The summed E-state index contributed by atoms with van der Waals surface area (Å²) in [5.74, 6) is 0. The Labute approximate surface area is 76.1 Å². The minimum atomic E-state index is 0.819. The van der Waals surface area contributed by atoms with E-state index in [9.17, 15) is 0 Å². The summed E-state index contributed by atoms with van der Waals surface area (Å²) in [6.07, 6.45) is 12.7. The zero-order valence-electron chi connectivity index (χ0n) is 8.25. The largest absolute Gasteiger partial charge is 0.501 e. The van der Waals surface area contributed by atoms with Crippen LogP contribution in [0.4, 0.5) is 0 Å². The van der Waals surface area contributed by atoms with Gasteiger partial charge >= 0.3 is 0 Å². The van der Waals surface area contributed by atoms with Gasteiger partial charge in [-0.2, -0.15) is 0 Å². The Bertz CT molecular complexity index is 109. The van der Waals surface area contributed by atoms with E-state index in [0.717, 1.165) is 13.0 Å². The summed E-state index contributed by atoms with van der Waals surface area (Å²) in [7, 11) is 0. The van der Waals surface area contributed by atoms with Gasteiger partial charge in [-0.3, -0.25) is 0 Å². The lowest BCUT2D eigenvalue weighted by Crippen LogP contribution is -1.81. The van der Waals surface area contributed by atoms with Crippen molar-refractivity contribution in [2.24, 2.45) is 0 Å². The molecule has 0 aliphatic heterocycles. The molecule has 0 aromatic heterocycles. The Kier molecular flexibility index (Phi) is 9.66. The molecule has 0 aromatic rings. The van der Waals surface area contributed by atoms with Crippen LogP contribution in [0, 0.1) is 0 Å². The molecule has 0 bridgehead atoms. The first-order valence-corrected chi connectivity index (χ1v) is 4.85. The summed E-state index contributed by atoms with van der Waals surface area (Å²) < 4.78 is 5.16. The van der Waals surface area contributed by atoms with Crippen LogP contribution in [0.1, 0.15) is 39.5 Å². The highest BCUT2D eigenvalue weighted by molar-refractivity contribution is 4.99. The number of ether oxygens (including phenoxy) is 1. The third kappa shape index (κ3) is 9.28. The van der Waals surface area contributed by atoms with Crippen LogP contribution in [0.15, 0.2) is 24.5 Å². The van der Waals surface area contributed by atoms with Gasteiger partial charge in [-0.05, 0) is 18.9 Å². The molecular formula is C11H20O. The normalized spacial score (nSPS) is 11.5. The van der Waals surface area contributed by atoms with E-state index in [-0.39, 0.29) is 0 Å². The summed E-state index contributed by atoms with van der Waals surface area (Å²) in [6, 6.07) is 0. The van der Waals surface area contributed by atoms with Crippen molar-refractivity contribution in [3.8, 4) is 0 Å². The summed E-state index contributed by atoms with van der Waals surface area (Å²) in [6.45, 7) is 5.12. The van der Waals surface area contributed by atoms with Gasteiger partial charge in [-0.15, -0.1) is 0 Å². The van der Waals surface area contributed by atoms with Gasteiger partial charge in [0, 0.05) is 0 Å². The lowest BCUT2D eigenvalue weighted by Gasteiger charge is -1.92. The van der Waals surface area contributed by atoms with Crippen LogP contribution < -0.4 is 0 Å². The SMILES string of the molecule is CCCC/C=C/C=C/OCCC. The smallest absolute Gasteiger partial charge is 0.0870 e. The van der Waals surface area contributed by atoms with E-state index >= 15 is 0 Å². The van der Waals surface area contributed by atoms with E-state index in [1.54, 1.807) is 6.26 Å². The minimum Gasteiger partial charge on any atom is -0.501 e. The standard InChI is InChI=1S/C11H20O/c1-3-5-6-7-8-9-11-12-10-4-2/h7-9,11H,3-6,10H2,1-2H3/b8-7+,11-9+. The first kappa shape index (κ1) is 11.3. The molecule has 0 unspecified atom stereocenters. The van der Waals surface area contributed by atoms with Gasteiger partial charge in [0.05, 0.1) is 12.9 Å². The van der Waals surface area contributed by atoms with Crippen LogP contribution in [0.5, 0.6) is 0 Å². The molecule has 0 spiro atoms. The monoisotopic (exact) mass is 168 g/mol. The fourth-order valence-electron chi connectivity index (χ4n) is 0.784. The average molecular weight is 168 g/mol. The van der Waals surface area contributed by atoms with Crippen LogP contribution in [0.2, 0.25) is 0 Å². The number of unbranched alkanes of at least 4 members (excludes halogenated alkanes) is 2. The van der Waals surface area contributed by atoms with Crippen molar-refractivity contribution in [2.75, 3.05) is 6.61 Å². The van der Waals surface area contributed by atoms with Crippen molar-refractivity contribution < 1.29 is 4.74 Å². The Morgan fingerprint density at radius 1 is 1.08 bits per heavy atom. The van der Waals surface area contributed by atoms with E-state index in [1.807, 2.05) is 12.2 Å². The van der Waals surface area contributed by atoms with Gasteiger partial charge in [-0.25, -0.2) is 0 Å². The number of hydrogen-bond acceptors (Lipinski definition) is 1. The highest BCUT2D eigenvalue weighted by Gasteiger charge is 1.76. The molecule has 0 N–H and O–H groups in total. The number of allylic oxidation sites excluding steroid dienone is 3. The fourth-order valence-corrected chi connectivity index (χ4v) is 0.784. The van der Waals surface area contributed by atoms with Crippen molar-refractivity contribution >= 4 is 0 Å². The van der Waals surface area contributed by atoms with Crippen molar-refractivity contribution in [1.29, 1.82) is 0 Å². The molecule has 0 heterocycles. The summed E-state index contributed by atoms with van der Waals surface area (Å²) in [5, 5.41) is 0. The maximum absolute atomic E-state index is 5.16. The molecule has 70 valence electrons. The highest BCUT2D eigenvalue weighted by atomic mass is 16.5. The first-order chi connectivity index (χ1) is 5.91. The molecule has 0 atom stereocenters. The fraction of sp³-hybridized carbons (Fsp3) is 0.636. The molecule has 0 rings (SSSR count). The molecule has 0 aliphatic carbocycles. The zero-order chi connectivity index (χ0) is 9.07. The van der Waals surface area contributed by atoms with Crippen molar-refractivity contribution in [2.45, 2.75) is 39.5 Å². The van der Waals surface area contributed by atoms with Crippen LogP contribution in [0.3, 0.4) is 0 Å². The van der Waals surface area contributed by atoms with Crippen LogP contribution in [0.25, 0.3) is 0 Å². The molecule has 1 nitrogen and oxygen atoms in total. The van der Waals surface area contributed by atoms with E-state index in [4.69, 9.17) is 4.74 Å².